The maximum Gasteiger partial charge on any atom is 0.199 e. The monoisotopic (exact) mass is 460 g/mol. The van der Waals surface area contributed by atoms with Gasteiger partial charge in [0.25, 0.3) is 0 Å². The summed E-state index contributed by atoms with van der Waals surface area (Å²) in [6.07, 6.45) is 8.02. The molecule has 5 rings (SSSR count). The van der Waals surface area contributed by atoms with Crippen LogP contribution in [0.4, 0.5) is 0 Å². The molecule has 0 unspecified atom stereocenters. The average molecular weight is 461 g/mol. The summed E-state index contributed by atoms with van der Waals surface area (Å²) in [7, 11) is 0. The zero-order valence-corrected chi connectivity index (χ0v) is 21.3. The first-order chi connectivity index (χ1) is 15.3. The van der Waals surface area contributed by atoms with Crippen molar-refractivity contribution in [2.75, 3.05) is 0 Å². The summed E-state index contributed by atoms with van der Waals surface area (Å²) in [6.45, 7) is 13.2. The van der Waals surface area contributed by atoms with Crippen LogP contribution in [0, 0.1) is 40.4 Å². The van der Waals surface area contributed by atoms with Gasteiger partial charge in [-0.15, -0.1) is 0 Å². The van der Waals surface area contributed by atoms with E-state index in [0.29, 0.717) is 43.9 Å². The predicted octanol–water partition coefficient (Wildman–Crippen LogP) is 4.03. The summed E-state index contributed by atoms with van der Waals surface area (Å²) < 4.78 is 6.11. The Balaban J connectivity index is 1.50. The normalized spacial score (nSPS) is 55.0. The molecule has 5 heteroatoms. The van der Waals surface area contributed by atoms with Crippen LogP contribution in [0.2, 0.25) is 0 Å². The zero-order valence-electron chi connectivity index (χ0n) is 21.3. The fourth-order valence-electron chi connectivity index (χ4n) is 9.00. The van der Waals surface area contributed by atoms with Crippen LogP contribution in [-0.2, 0) is 9.53 Å². The van der Waals surface area contributed by atoms with Crippen LogP contribution in [0.5, 0.6) is 0 Å². The van der Waals surface area contributed by atoms with Gasteiger partial charge in [0.2, 0.25) is 0 Å². The Morgan fingerprint density at radius 1 is 0.970 bits per heavy atom. The molecule has 186 valence electrons. The van der Waals surface area contributed by atoms with Gasteiger partial charge in [-0.3, -0.25) is 4.79 Å². The quantitative estimate of drug-likeness (QED) is 0.435. The number of fused-ring (bicyclic) bond motifs is 4. The van der Waals surface area contributed by atoms with Crippen LogP contribution < -0.4 is 0 Å². The van der Waals surface area contributed by atoms with Crippen molar-refractivity contribution in [1.29, 1.82) is 0 Å². The molecule has 5 nitrogen and oxygen atoms in total. The van der Waals surface area contributed by atoms with Crippen molar-refractivity contribution in [3.8, 4) is 0 Å². The number of carbonyl (C=O) groups excluding carboxylic acids is 1. The molecule has 0 bridgehead atoms. The number of Topliss-reactive ketones (excluding diaryl/α,β-unsaturated/α-hetero) is 1. The van der Waals surface area contributed by atoms with Gasteiger partial charge in [0.05, 0.1) is 6.10 Å². The number of aliphatic hydroxyl groups is 3. The lowest BCUT2D eigenvalue weighted by atomic mass is 9.40. The van der Waals surface area contributed by atoms with Gasteiger partial charge in [0.15, 0.2) is 11.4 Å². The Morgan fingerprint density at radius 2 is 1.64 bits per heavy atom. The lowest BCUT2D eigenvalue weighted by Gasteiger charge is -2.65. The maximum atomic E-state index is 13.8. The van der Waals surface area contributed by atoms with Crippen LogP contribution >= 0.6 is 0 Å². The van der Waals surface area contributed by atoms with Crippen LogP contribution in [-0.4, -0.2) is 50.1 Å². The second kappa shape index (κ2) is 7.15. The average Bonchev–Trinajstić information content (AvgIpc) is 3.40. The predicted molar refractivity (Wildman–Crippen MR) is 126 cm³/mol. The van der Waals surface area contributed by atoms with E-state index in [0.717, 1.165) is 12.8 Å². The molecule has 5 aliphatic rings. The molecule has 1 heterocycles. The smallest absolute Gasteiger partial charge is 0.199 e. The van der Waals surface area contributed by atoms with Crippen molar-refractivity contribution < 1.29 is 24.9 Å². The first-order valence-electron chi connectivity index (χ1n) is 13.3. The van der Waals surface area contributed by atoms with E-state index in [2.05, 4.69) is 53.7 Å². The summed E-state index contributed by atoms with van der Waals surface area (Å²) in [5.74, 6) is 0.873. The van der Waals surface area contributed by atoms with Gasteiger partial charge >= 0.3 is 0 Å². The minimum Gasteiger partial charge on any atom is -0.393 e. The summed E-state index contributed by atoms with van der Waals surface area (Å²) in [5, 5.41) is 35.1. The third-order valence-corrected chi connectivity index (χ3v) is 11.7. The summed E-state index contributed by atoms with van der Waals surface area (Å²) >= 11 is 0. The van der Waals surface area contributed by atoms with E-state index < -0.39 is 39.8 Å². The first-order valence-corrected chi connectivity index (χ1v) is 13.3. The van der Waals surface area contributed by atoms with E-state index in [1.807, 2.05) is 0 Å². The lowest BCUT2D eigenvalue weighted by molar-refractivity contribution is -0.273. The molecule has 0 radical (unpaired) electrons. The molecule has 4 aliphatic carbocycles. The molecule has 0 aromatic carbocycles. The Morgan fingerprint density at radius 3 is 2.30 bits per heavy atom. The van der Waals surface area contributed by atoms with Crippen molar-refractivity contribution in [2.45, 2.75) is 115 Å². The van der Waals surface area contributed by atoms with Gasteiger partial charge in [-0.1, -0.05) is 53.7 Å². The van der Waals surface area contributed by atoms with E-state index >= 15 is 0 Å². The van der Waals surface area contributed by atoms with Gasteiger partial charge < -0.3 is 20.1 Å². The molecule has 0 aromatic rings. The number of allylic oxidation sites excluding steroid dienone is 2. The molecule has 4 saturated carbocycles. The Kier molecular flexibility index (Phi) is 5.19. The second-order valence-electron chi connectivity index (χ2n) is 13.2. The number of hydrogen-bond acceptors (Lipinski definition) is 5. The highest BCUT2D eigenvalue weighted by Gasteiger charge is 2.86. The van der Waals surface area contributed by atoms with Gasteiger partial charge in [-0.25, -0.2) is 0 Å². The molecule has 33 heavy (non-hydrogen) atoms. The van der Waals surface area contributed by atoms with Crippen molar-refractivity contribution >= 4 is 5.78 Å². The number of aliphatic hydroxyl groups excluding tert-OH is 1. The topological polar surface area (TPSA) is 90.3 Å². The van der Waals surface area contributed by atoms with Crippen LogP contribution in [0.25, 0.3) is 0 Å². The summed E-state index contributed by atoms with van der Waals surface area (Å²) in [5.41, 5.74) is -4.84. The Bertz CT molecular complexity index is 868. The molecule has 1 aliphatic heterocycles. The molecule has 5 fully saturated rings. The van der Waals surface area contributed by atoms with Crippen molar-refractivity contribution in [1.82, 2.24) is 0 Å². The van der Waals surface area contributed by atoms with Crippen LogP contribution in [0.15, 0.2) is 12.2 Å². The summed E-state index contributed by atoms with van der Waals surface area (Å²) in [6, 6.07) is 0. The minimum absolute atomic E-state index is 0.212. The summed E-state index contributed by atoms with van der Waals surface area (Å²) in [4.78, 5) is 13.8. The Labute approximate surface area is 199 Å². The number of hydrogen-bond donors (Lipinski definition) is 3. The van der Waals surface area contributed by atoms with E-state index in [-0.39, 0.29) is 23.5 Å². The van der Waals surface area contributed by atoms with E-state index in [9.17, 15) is 20.1 Å². The fourth-order valence-corrected chi connectivity index (χ4v) is 9.00. The molecule has 0 amide bonds. The maximum absolute atomic E-state index is 13.8. The minimum atomic E-state index is -1.79. The van der Waals surface area contributed by atoms with Crippen molar-refractivity contribution in [3.05, 3.63) is 12.2 Å². The molecule has 3 N–H and O–H groups in total. The highest BCUT2D eigenvalue weighted by Crippen LogP contribution is 2.75. The molecule has 0 aromatic heterocycles. The highest BCUT2D eigenvalue weighted by molar-refractivity contribution is 5.98. The van der Waals surface area contributed by atoms with E-state index in [1.54, 1.807) is 0 Å². The third kappa shape index (κ3) is 2.71. The molecular formula is C28H44O5. The lowest BCUT2D eigenvalue weighted by Crippen LogP contribution is -2.78. The van der Waals surface area contributed by atoms with E-state index in [4.69, 9.17) is 4.74 Å². The SMILES string of the molecule is CC(C)[C@@H](C)/C=C/[C@@H](C)[C@H]1CC[C@]2(O)[C@]1(C)CC[C@@H]1[C@@]3(C)CC[C@H](O)C[C@@]34O[C@H]4C(=O)[C@]12O. The zero-order chi connectivity index (χ0) is 24.2. The highest BCUT2D eigenvalue weighted by atomic mass is 16.6. The number of ketones is 1. The number of ether oxygens (including phenoxy) is 1. The molecule has 1 saturated heterocycles. The third-order valence-electron chi connectivity index (χ3n) is 11.7. The number of rotatable bonds is 4. The van der Waals surface area contributed by atoms with Gasteiger partial charge in [0, 0.05) is 23.2 Å². The fraction of sp³-hybridized carbons (Fsp3) is 0.893. The van der Waals surface area contributed by atoms with Gasteiger partial charge in [-0.2, -0.15) is 0 Å². The molecule has 11 atom stereocenters. The van der Waals surface area contributed by atoms with Crippen molar-refractivity contribution in [2.24, 2.45) is 40.4 Å². The van der Waals surface area contributed by atoms with E-state index in [1.165, 1.54) is 0 Å². The number of carbonyl (C=O) groups is 1. The van der Waals surface area contributed by atoms with Crippen molar-refractivity contribution in [3.63, 3.8) is 0 Å². The molecular weight excluding hydrogens is 416 g/mol. The van der Waals surface area contributed by atoms with Crippen LogP contribution in [0.3, 0.4) is 0 Å². The van der Waals surface area contributed by atoms with Gasteiger partial charge in [0.1, 0.15) is 17.3 Å². The molecule has 1 spiro atoms. The number of epoxide rings is 1. The largest absolute Gasteiger partial charge is 0.393 e. The van der Waals surface area contributed by atoms with Crippen LogP contribution in [0.1, 0.15) is 86.5 Å². The first kappa shape index (κ1) is 24.0. The second-order valence-corrected chi connectivity index (χ2v) is 13.2. The standard InChI is InChI=1S/C28H44O5/c1-16(2)17(3)7-8-18(4)20-10-14-27(31)24(20,5)13-11-21-25(6)12-9-19(29)15-26(25)23(33-26)22(30)28(21,27)32/h7-8,16-21,23,29,31-32H,9-15H2,1-6H3/b8-7+/t17-,18+,19-,20+,21+,23-,24+,25+,26-,27-,28+/m0/s1. The van der Waals surface area contributed by atoms with Gasteiger partial charge in [-0.05, 0) is 62.2 Å². The Hall–Kier alpha value is -0.750.